The second-order valence-corrected chi connectivity index (χ2v) is 5.55. The molecule has 0 radical (unpaired) electrons. The minimum absolute atomic E-state index is 0.115. The maximum atomic E-state index is 12.8. The summed E-state index contributed by atoms with van der Waals surface area (Å²) in [6.45, 7) is 7.16. The molecule has 0 fully saturated rings. The summed E-state index contributed by atoms with van der Waals surface area (Å²) in [5.74, 6) is -0.225. The lowest BCUT2D eigenvalue weighted by Gasteiger charge is -2.18. The zero-order chi connectivity index (χ0) is 12.2. The Morgan fingerprint density at radius 2 is 2.06 bits per heavy atom. The van der Waals surface area contributed by atoms with E-state index in [0.29, 0.717) is 0 Å². The molecule has 0 saturated carbocycles. The first-order chi connectivity index (χ1) is 7.38. The maximum absolute atomic E-state index is 12.8. The van der Waals surface area contributed by atoms with Crippen LogP contribution in [-0.2, 0) is 0 Å². The van der Waals surface area contributed by atoms with E-state index in [2.05, 4.69) is 42.0 Å². The largest absolute Gasteiger partial charge is 0.309 e. The first kappa shape index (κ1) is 13.4. The Bertz CT molecular complexity index is 380. The number of benzene rings is 1. The van der Waals surface area contributed by atoms with Gasteiger partial charge >= 0.3 is 0 Å². The summed E-state index contributed by atoms with van der Waals surface area (Å²) in [7, 11) is 0. The molecule has 0 aliphatic carbocycles. The van der Waals surface area contributed by atoms with Gasteiger partial charge in [0.05, 0.1) is 0 Å². The van der Waals surface area contributed by atoms with Crippen LogP contribution < -0.4 is 5.32 Å². The predicted octanol–water partition coefficient (Wildman–Crippen LogP) is 3.99. The van der Waals surface area contributed by atoms with Crippen LogP contribution in [-0.4, -0.2) is 12.1 Å². The van der Waals surface area contributed by atoms with E-state index in [1.165, 1.54) is 12.1 Å². The van der Waals surface area contributed by atoms with E-state index < -0.39 is 0 Å². The second kappa shape index (κ2) is 5.60. The van der Waals surface area contributed by atoms with Gasteiger partial charge in [-0.05, 0) is 38.5 Å². The van der Waals surface area contributed by atoms with E-state index in [1.54, 1.807) is 6.07 Å². The average Bonchev–Trinajstić information content (AvgIpc) is 2.13. The third-order valence-corrected chi connectivity index (χ3v) is 2.70. The smallest absolute Gasteiger partial charge is 0.124 e. The molecule has 88 valence electrons. The summed E-state index contributed by atoms with van der Waals surface area (Å²) in [5.41, 5.74) is 1.10. The fourth-order valence-corrected chi connectivity index (χ4v) is 1.67. The van der Waals surface area contributed by atoms with Crippen LogP contribution in [0.4, 0.5) is 4.39 Å². The van der Waals surface area contributed by atoms with Crippen LogP contribution in [0.25, 0.3) is 6.08 Å². The summed E-state index contributed by atoms with van der Waals surface area (Å²) >= 11 is 3.33. The van der Waals surface area contributed by atoms with E-state index in [1.807, 2.05) is 12.2 Å². The van der Waals surface area contributed by atoms with Gasteiger partial charge < -0.3 is 5.32 Å². The lowest BCUT2D eigenvalue weighted by molar-refractivity contribution is 0.450. The van der Waals surface area contributed by atoms with Crippen molar-refractivity contribution >= 4 is 22.0 Å². The highest BCUT2D eigenvalue weighted by Gasteiger charge is 2.05. The van der Waals surface area contributed by atoms with Gasteiger partial charge in [0, 0.05) is 16.6 Å². The van der Waals surface area contributed by atoms with Gasteiger partial charge in [-0.15, -0.1) is 0 Å². The molecule has 0 saturated heterocycles. The number of rotatable bonds is 3. The zero-order valence-corrected chi connectivity index (χ0v) is 11.4. The van der Waals surface area contributed by atoms with Gasteiger partial charge in [-0.1, -0.05) is 34.1 Å². The minimum Gasteiger partial charge on any atom is -0.309 e. The van der Waals surface area contributed by atoms with Crippen LogP contribution >= 0.6 is 15.9 Å². The van der Waals surface area contributed by atoms with Crippen LogP contribution in [0.2, 0.25) is 0 Å². The quantitative estimate of drug-likeness (QED) is 0.886. The van der Waals surface area contributed by atoms with Gasteiger partial charge in [0.1, 0.15) is 5.82 Å². The van der Waals surface area contributed by atoms with Gasteiger partial charge in [0.2, 0.25) is 0 Å². The summed E-state index contributed by atoms with van der Waals surface area (Å²) in [4.78, 5) is 0. The van der Waals surface area contributed by atoms with Crippen LogP contribution in [0.15, 0.2) is 28.7 Å². The fourth-order valence-electron chi connectivity index (χ4n) is 1.19. The molecule has 1 N–H and O–H groups in total. The molecule has 3 heteroatoms. The Labute approximate surface area is 105 Å². The normalized spacial score (nSPS) is 12.3. The van der Waals surface area contributed by atoms with Crippen molar-refractivity contribution in [2.24, 2.45) is 0 Å². The van der Waals surface area contributed by atoms with E-state index in [-0.39, 0.29) is 11.4 Å². The fraction of sp³-hybridized carbons (Fsp3) is 0.385. The Morgan fingerprint density at radius 1 is 1.38 bits per heavy atom. The first-order valence-corrected chi connectivity index (χ1v) is 6.04. The molecule has 1 aromatic rings. The second-order valence-electron chi connectivity index (χ2n) is 4.70. The number of halogens is 2. The Morgan fingerprint density at radius 3 is 2.62 bits per heavy atom. The molecule has 0 aliphatic heterocycles. The van der Waals surface area contributed by atoms with Gasteiger partial charge in [0.25, 0.3) is 0 Å². The lowest BCUT2D eigenvalue weighted by Crippen LogP contribution is -2.35. The van der Waals surface area contributed by atoms with Crippen molar-refractivity contribution < 1.29 is 4.39 Å². The number of hydrogen-bond acceptors (Lipinski definition) is 1. The van der Waals surface area contributed by atoms with Crippen molar-refractivity contribution in [3.05, 3.63) is 40.1 Å². The third-order valence-electron chi connectivity index (χ3n) is 2.01. The maximum Gasteiger partial charge on any atom is 0.124 e. The number of hydrogen-bond donors (Lipinski definition) is 1. The Hall–Kier alpha value is -0.670. The zero-order valence-electron chi connectivity index (χ0n) is 9.85. The topological polar surface area (TPSA) is 12.0 Å². The first-order valence-electron chi connectivity index (χ1n) is 5.25. The summed E-state index contributed by atoms with van der Waals surface area (Å²) in [6.07, 6.45) is 4.01. The molecule has 1 nitrogen and oxygen atoms in total. The van der Waals surface area contributed by atoms with E-state index in [0.717, 1.165) is 16.6 Å². The summed E-state index contributed by atoms with van der Waals surface area (Å²) < 4.78 is 13.6. The average molecular weight is 286 g/mol. The molecule has 16 heavy (non-hydrogen) atoms. The summed E-state index contributed by atoms with van der Waals surface area (Å²) in [5, 5.41) is 3.35. The van der Waals surface area contributed by atoms with Crippen LogP contribution in [0, 0.1) is 5.82 Å². The van der Waals surface area contributed by atoms with Crippen molar-refractivity contribution in [1.29, 1.82) is 0 Å². The molecular weight excluding hydrogens is 269 g/mol. The molecule has 0 amide bonds. The monoisotopic (exact) mass is 285 g/mol. The van der Waals surface area contributed by atoms with Gasteiger partial charge in [-0.25, -0.2) is 4.39 Å². The highest BCUT2D eigenvalue weighted by Crippen LogP contribution is 2.19. The third kappa shape index (κ3) is 4.90. The number of nitrogens with one attached hydrogen (secondary N) is 1. The van der Waals surface area contributed by atoms with Gasteiger partial charge in [-0.3, -0.25) is 0 Å². The molecule has 0 unspecified atom stereocenters. The van der Waals surface area contributed by atoms with Crippen molar-refractivity contribution in [2.75, 3.05) is 6.54 Å². The van der Waals surface area contributed by atoms with E-state index >= 15 is 0 Å². The predicted molar refractivity (Wildman–Crippen MR) is 70.9 cm³/mol. The highest BCUT2D eigenvalue weighted by molar-refractivity contribution is 9.10. The van der Waals surface area contributed by atoms with Crippen LogP contribution in [0.3, 0.4) is 0 Å². The molecule has 0 bridgehead atoms. The summed E-state index contributed by atoms with van der Waals surface area (Å²) in [6, 6.07) is 4.69. The highest BCUT2D eigenvalue weighted by atomic mass is 79.9. The molecule has 0 atom stereocenters. The van der Waals surface area contributed by atoms with Crippen molar-refractivity contribution in [3.63, 3.8) is 0 Å². The standard InChI is InChI=1S/C13H17BrFN/c1-13(2,3)16-8-4-5-10-6-7-11(15)9-12(10)14/h4-7,9,16H,8H2,1-3H3/b5-4+. The SMILES string of the molecule is CC(C)(C)NC/C=C/c1ccc(F)cc1Br. The van der Waals surface area contributed by atoms with Crippen molar-refractivity contribution in [1.82, 2.24) is 5.32 Å². The van der Waals surface area contributed by atoms with Crippen molar-refractivity contribution in [3.8, 4) is 0 Å². The van der Waals surface area contributed by atoms with Gasteiger partial charge in [-0.2, -0.15) is 0 Å². The lowest BCUT2D eigenvalue weighted by atomic mass is 10.1. The molecule has 1 rings (SSSR count). The minimum atomic E-state index is -0.225. The molecule has 0 aromatic heterocycles. The molecule has 0 spiro atoms. The van der Waals surface area contributed by atoms with Crippen LogP contribution in [0.5, 0.6) is 0 Å². The van der Waals surface area contributed by atoms with E-state index in [9.17, 15) is 4.39 Å². The Balaban J connectivity index is 2.57. The molecule has 0 heterocycles. The van der Waals surface area contributed by atoms with Gasteiger partial charge in [0.15, 0.2) is 0 Å². The van der Waals surface area contributed by atoms with Crippen molar-refractivity contribution in [2.45, 2.75) is 26.3 Å². The molecule has 1 aromatic carbocycles. The molecular formula is C13H17BrFN. The van der Waals surface area contributed by atoms with E-state index in [4.69, 9.17) is 0 Å². The molecule has 0 aliphatic rings. The van der Waals surface area contributed by atoms with Crippen LogP contribution in [0.1, 0.15) is 26.3 Å². The Kier molecular flexibility index (Phi) is 4.69.